The Morgan fingerprint density at radius 3 is 2.22 bits per heavy atom. The quantitative estimate of drug-likeness (QED) is 0.420. The number of nitrogens with one attached hydrogen (secondary N) is 1. The highest BCUT2D eigenvalue weighted by molar-refractivity contribution is 5.74. The van der Waals surface area contributed by atoms with Gasteiger partial charge in [-0.2, -0.15) is 0 Å². The lowest BCUT2D eigenvalue weighted by Crippen LogP contribution is -2.48. The molecule has 3 atom stereocenters. The number of alkyl carbamates (subject to hydrolysis) is 1. The van der Waals surface area contributed by atoms with E-state index in [-0.39, 0.29) is 13.0 Å². The first-order chi connectivity index (χ1) is 12.6. The molecule has 8 nitrogen and oxygen atoms in total. The second kappa shape index (κ2) is 9.89. The molecule has 1 N–H and O–H groups in total. The zero-order valence-electron chi connectivity index (χ0n) is 16.4. The number of carbonyl (C=O) groups excluding carboxylic acids is 2. The fraction of sp³-hybridized carbons (Fsp3) is 0.579. The van der Waals surface area contributed by atoms with E-state index in [0.717, 1.165) is 0 Å². The normalized spacial score (nSPS) is 14.6. The number of esters is 1. The van der Waals surface area contributed by atoms with E-state index < -0.39 is 40.6 Å². The Balaban J connectivity index is 3.29. The fourth-order valence-corrected chi connectivity index (χ4v) is 2.76. The maximum Gasteiger partial charge on any atom is 0.408 e. The van der Waals surface area contributed by atoms with E-state index in [2.05, 4.69) is 5.32 Å². The van der Waals surface area contributed by atoms with E-state index in [1.54, 1.807) is 65.0 Å². The molecule has 0 aromatic heterocycles. The van der Waals surface area contributed by atoms with Crippen LogP contribution in [0.15, 0.2) is 30.3 Å². The number of benzene rings is 1. The summed E-state index contributed by atoms with van der Waals surface area (Å²) >= 11 is 0. The summed E-state index contributed by atoms with van der Waals surface area (Å²) in [6, 6.07) is 6.06. The van der Waals surface area contributed by atoms with Crippen LogP contribution in [0.4, 0.5) is 4.79 Å². The molecule has 1 aromatic carbocycles. The van der Waals surface area contributed by atoms with E-state index in [4.69, 9.17) is 9.47 Å². The summed E-state index contributed by atoms with van der Waals surface area (Å²) < 4.78 is 10.3. The van der Waals surface area contributed by atoms with E-state index in [0.29, 0.717) is 5.56 Å². The molecule has 8 heteroatoms. The first-order valence-electron chi connectivity index (χ1n) is 8.95. The summed E-state index contributed by atoms with van der Waals surface area (Å²) in [6.45, 7) is 8.52. The molecular weight excluding hydrogens is 352 g/mol. The van der Waals surface area contributed by atoms with Gasteiger partial charge >= 0.3 is 12.1 Å². The largest absolute Gasteiger partial charge is 0.466 e. The molecule has 0 spiro atoms. The van der Waals surface area contributed by atoms with Crippen molar-refractivity contribution in [3.63, 3.8) is 0 Å². The minimum Gasteiger partial charge on any atom is -0.466 e. The van der Waals surface area contributed by atoms with Crippen LogP contribution in [0, 0.1) is 16.0 Å². The fourth-order valence-electron chi connectivity index (χ4n) is 2.76. The van der Waals surface area contributed by atoms with Gasteiger partial charge in [0.05, 0.1) is 6.61 Å². The maximum absolute atomic E-state index is 12.3. The van der Waals surface area contributed by atoms with Crippen molar-refractivity contribution in [3.05, 3.63) is 46.0 Å². The lowest BCUT2D eigenvalue weighted by molar-refractivity contribution is -0.535. The second-order valence-corrected chi connectivity index (χ2v) is 7.08. The molecule has 0 unspecified atom stereocenters. The summed E-state index contributed by atoms with van der Waals surface area (Å²) in [6.07, 6.45) is -0.592. The smallest absolute Gasteiger partial charge is 0.408 e. The van der Waals surface area contributed by atoms with Gasteiger partial charge in [0, 0.05) is 4.92 Å². The summed E-state index contributed by atoms with van der Waals surface area (Å²) in [5, 5.41) is 14.5. The number of carbonyl (C=O) groups is 2. The Labute approximate surface area is 159 Å². The third kappa shape index (κ3) is 6.88. The van der Waals surface area contributed by atoms with Crippen LogP contribution in [0.2, 0.25) is 0 Å². The predicted octanol–water partition coefficient (Wildman–Crippen LogP) is 3.49. The molecule has 0 aliphatic heterocycles. The molecule has 0 saturated heterocycles. The zero-order valence-corrected chi connectivity index (χ0v) is 16.4. The highest BCUT2D eigenvalue weighted by Crippen LogP contribution is 2.28. The summed E-state index contributed by atoms with van der Waals surface area (Å²) in [5.74, 6) is -1.67. The van der Waals surface area contributed by atoms with Gasteiger partial charge in [0.15, 0.2) is 0 Å². The molecule has 0 aliphatic rings. The van der Waals surface area contributed by atoms with Gasteiger partial charge in [0.2, 0.25) is 6.04 Å². The van der Waals surface area contributed by atoms with Crippen molar-refractivity contribution in [3.8, 4) is 0 Å². The lowest BCUT2D eigenvalue weighted by Gasteiger charge is -2.28. The molecular formula is C19H28N2O6. The monoisotopic (exact) mass is 380 g/mol. The van der Waals surface area contributed by atoms with Gasteiger partial charge in [-0.3, -0.25) is 14.9 Å². The first kappa shape index (κ1) is 22.4. The van der Waals surface area contributed by atoms with E-state index >= 15 is 0 Å². The molecule has 0 heterocycles. The number of hydrogen-bond donors (Lipinski definition) is 1. The molecule has 27 heavy (non-hydrogen) atoms. The van der Waals surface area contributed by atoms with E-state index in [9.17, 15) is 19.7 Å². The van der Waals surface area contributed by atoms with Crippen molar-refractivity contribution in [2.45, 2.75) is 58.7 Å². The van der Waals surface area contributed by atoms with Crippen molar-refractivity contribution < 1.29 is 24.0 Å². The molecule has 1 amide bonds. The molecule has 0 bridgehead atoms. The minimum atomic E-state index is -1.40. The van der Waals surface area contributed by atoms with Gasteiger partial charge in [-0.05, 0) is 39.7 Å². The van der Waals surface area contributed by atoms with E-state index in [1.165, 1.54) is 0 Å². The summed E-state index contributed by atoms with van der Waals surface area (Å²) in [7, 11) is 0. The van der Waals surface area contributed by atoms with Crippen LogP contribution < -0.4 is 5.32 Å². The maximum atomic E-state index is 12.3. The van der Waals surface area contributed by atoms with Gasteiger partial charge in [0.1, 0.15) is 17.6 Å². The van der Waals surface area contributed by atoms with Gasteiger partial charge in [-0.15, -0.1) is 0 Å². The van der Waals surface area contributed by atoms with Crippen LogP contribution in [-0.4, -0.2) is 35.2 Å². The van der Waals surface area contributed by atoms with Crippen LogP contribution in [0.3, 0.4) is 0 Å². The first-order valence-corrected chi connectivity index (χ1v) is 8.95. The van der Waals surface area contributed by atoms with Gasteiger partial charge in [-0.1, -0.05) is 37.3 Å². The lowest BCUT2D eigenvalue weighted by atomic mass is 9.87. The average Bonchev–Trinajstić information content (AvgIpc) is 2.57. The Bertz CT molecular complexity index is 641. The van der Waals surface area contributed by atoms with Gasteiger partial charge < -0.3 is 14.8 Å². The van der Waals surface area contributed by atoms with Crippen LogP contribution in [0.25, 0.3) is 0 Å². The molecule has 0 aliphatic carbocycles. The summed E-state index contributed by atoms with van der Waals surface area (Å²) in [4.78, 5) is 36.0. The SMILES string of the molecule is CCOC(=O)[C@@H](CC)[C@@H]([C@H](NC(=O)OC(C)(C)C)c1ccccc1)[N+](=O)[O-]. The Morgan fingerprint density at radius 1 is 1.19 bits per heavy atom. The zero-order chi connectivity index (χ0) is 20.6. The summed E-state index contributed by atoms with van der Waals surface area (Å²) in [5.41, 5.74) is -0.256. The third-order valence-electron chi connectivity index (χ3n) is 3.86. The Kier molecular flexibility index (Phi) is 8.21. The topological polar surface area (TPSA) is 108 Å². The van der Waals surface area contributed by atoms with Crippen LogP contribution in [-0.2, 0) is 14.3 Å². The number of amides is 1. The van der Waals surface area contributed by atoms with E-state index in [1.807, 2.05) is 0 Å². The van der Waals surface area contributed by atoms with Crippen molar-refractivity contribution in [2.75, 3.05) is 6.61 Å². The molecule has 1 rings (SSSR count). The van der Waals surface area contributed by atoms with Crippen molar-refractivity contribution >= 4 is 12.1 Å². The highest BCUT2D eigenvalue weighted by Gasteiger charge is 2.45. The van der Waals surface area contributed by atoms with Crippen LogP contribution in [0.1, 0.15) is 52.6 Å². The predicted molar refractivity (Wildman–Crippen MR) is 99.7 cm³/mol. The van der Waals surface area contributed by atoms with Crippen LogP contribution in [0.5, 0.6) is 0 Å². The molecule has 1 aromatic rings. The van der Waals surface area contributed by atoms with Crippen molar-refractivity contribution in [1.82, 2.24) is 5.32 Å². The van der Waals surface area contributed by atoms with Crippen molar-refractivity contribution in [1.29, 1.82) is 0 Å². The Morgan fingerprint density at radius 2 is 1.78 bits per heavy atom. The third-order valence-corrected chi connectivity index (χ3v) is 3.86. The molecule has 0 saturated carbocycles. The van der Waals surface area contributed by atoms with Crippen molar-refractivity contribution in [2.24, 2.45) is 5.92 Å². The second-order valence-electron chi connectivity index (χ2n) is 7.08. The average molecular weight is 380 g/mol. The number of hydrogen-bond acceptors (Lipinski definition) is 6. The highest BCUT2D eigenvalue weighted by atomic mass is 16.6. The van der Waals surface area contributed by atoms with Crippen LogP contribution >= 0.6 is 0 Å². The Hall–Kier alpha value is -2.64. The molecule has 0 radical (unpaired) electrons. The molecule has 150 valence electrons. The van der Waals surface area contributed by atoms with Gasteiger partial charge in [-0.25, -0.2) is 4.79 Å². The molecule has 0 fully saturated rings. The number of rotatable bonds is 8. The number of nitro groups is 1. The number of ether oxygens (including phenoxy) is 2. The number of nitrogens with zero attached hydrogens (tertiary/aromatic N) is 1. The van der Waals surface area contributed by atoms with Gasteiger partial charge in [0.25, 0.3) is 0 Å². The minimum absolute atomic E-state index is 0.120. The standard InChI is InChI=1S/C19H28N2O6/c1-6-14(17(22)26-7-2)16(21(24)25)15(13-11-9-8-10-12-13)20-18(23)27-19(3,4)5/h8-12,14-16H,6-7H2,1-5H3,(H,20,23)/t14-,15+,16-/m0/s1.